The molecular formula is C28H25N9O3S. The quantitative estimate of drug-likeness (QED) is 0.136. The van der Waals surface area contributed by atoms with Gasteiger partial charge in [-0.1, -0.05) is 48.2 Å². The predicted molar refractivity (Wildman–Crippen MR) is 156 cm³/mol. The SMILES string of the molecule is CCOc1ccc(N/C(=N/c2nc(CSc3nnnn3-c3ccccc3)cc(=O)[nH]2)NC(=O)c2ccccc2)cc1. The molecule has 0 unspecified atom stereocenters. The largest absolute Gasteiger partial charge is 0.494 e. The van der Waals surface area contributed by atoms with Crippen molar-refractivity contribution in [2.24, 2.45) is 4.99 Å². The lowest BCUT2D eigenvalue weighted by Crippen LogP contribution is -2.36. The number of hydrogen-bond donors (Lipinski definition) is 3. The Morgan fingerprint density at radius 2 is 1.76 bits per heavy atom. The standard InChI is InChI=1S/C28H25N9O3S/c1-2-40-23-15-13-20(14-16-23)29-27(32-25(39)19-9-5-3-6-10-19)33-26-30-21(17-24(38)31-26)18-41-28-34-35-36-37(28)22-11-7-4-8-12-22/h3-17H,2,18H2,1H3,(H3,29,30,31,32,33,38,39). The molecule has 13 heteroatoms. The smallest absolute Gasteiger partial charge is 0.257 e. The highest BCUT2D eigenvalue weighted by Gasteiger charge is 2.13. The average molecular weight is 568 g/mol. The number of para-hydroxylation sites is 1. The van der Waals surface area contributed by atoms with Gasteiger partial charge < -0.3 is 10.1 Å². The van der Waals surface area contributed by atoms with E-state index >= 15 is 0 Å². The van der Waals surface area contributed by atoms with Gasteiger partial charge in [0, 0.05) is 23.1 Å². The number of benzene rings is 3. The summed E-state index contributed by atoms with van der Waals surface area (Å²) in [4.78, 5) is 37.0. The summed E-state index contributed by atoms with van der Waals surface area (Å²) in [6.45, 7) is 2.45. The number of guanidine groups is 1. The van der Waals surface area contributed by atoms with E-state index in [2.05, 4.69) is 41.1 Å². The molecule has 0 bridgehead atoms. The van der Waals surface area contributed by atoms with E-state index in [0.717, 1.165) is 5.69 Å². The number of tetrazole rings is 1. The van der Waals surface area contributed by atoms with E-state index in [-0.39, 0.29) is 17.8 Å². The summed E-state index contributed by atoms with van der Waals surface area (Å²) in [5.41, 5.74) is 1.95. The number of amides is 1. The molecule has 0 atom stereocenters. The van der Waals surface area contributed by atoms with Crippen LogP contribution in [0.15, 0.2) is 106 Å². The second-order valence-corrected chi connectivity index (χ2v) is 9.36. The van der Waals surface area contributed by atoms with Crippen molar-refractivity contribution < 1.29 is 9.53 Å². The summed E-state index contributed by atoms with van der Waals surface area (Å²) in [5, 5.41) is 18.3. The van der Waals surface area contributed by atoms with Crippen molar-refractivity contribution in [2.75, 3.05) is 11.9 Å². The molecular weight excluding hydrogens is 542 g/mol. The van der Waals surface area contributed by atoms with E-state index < -0.39 is 5.56 Å². The molecule has 0 spiro atoms. The maximum atomic E-state index is 12.9. The van der Waals surface area contributed by atoms with Crippen LogP contribution in [0.2, 0.25) is 0 Å². The van der Waals surface area contributed by atoms with Crippen LogP contribution in [-0.4, -0.2) is 48.6 Å². The molecule has 3 aromatic carbocycles. The number of nitrogens with one attached hydrogen (secondary N) is 3. The van der Waals surface area contributed by atoms with Crippen molar-refractivity contribution in [3.8, 4) is 11.4 Å². The fourth-order valence-electron chi connectivity index (χ4n) is 3.66. The molecule has 3 N–H and O–H groups in total. The van der Waals surface area contributed by atoms with Crippen LogP contribution in [0, 0.1) is 0 Å². The predicted octanol–water partition coefficient (Wildman–Crippen LogP) is 3.97. The molecule has 0 radical (unpaired) electrons. The fourth-order valence-corrected chi connectivity index (χ4v) is 4.44. The van der Waals surface area contributed by atoms with Crippen LogP contribution in [0.25, 0.3) is 5.69 Å². The molecule has 0 saturated carbocycles. The Morgan fingerprint density at radius 1 is 1.02 bits per heavy atom. The Kier molecular flexibility index (Phi) is 8.76. The first kappa shape index (κ1) is 27.3. The minimum absolute atomic E-state index is 0.0116. The van der Waals surface area contributed by atoms with Crippen LogP contribution < -0.4 is 20.9 Å². The topological polar surface area (TPSA) is 152 Å². The van der Waals surface area contributed by atoms with Crippen LogP contribution in [-0.2, 0) is 5.75 Å². The lowest BCUT2D eigenvalue weighted by atomic mass is 10.2. The van der Waals surface area contributed by atoms with Gasteiger partial charge in [0.1, 0.15) is 5.75 Å². The van der Waals surface area contributed by atoms with Crippen molar-refractivity contribution in [1.82, 2.24) is 35.5 Å². The molecule has 206 valence electrons. The van der Waals surface area contributed by atoms with Gasteiger partial charge in [0.2, 0.25) is 17.1 Å². The van der Waals surface area contributed by atoms with Crippen molar-refractivity contribution in [3.05, 3.63) is 113 Å². The van der Waals surface area contributed by atoms with Gasteiger partial charge in [0.05, 0.1) is 18.0 Å². The molecule has 2 heterocycles. The Bertz CT molecular complexity index is 1690. The summed E-state index contributed by atoms with van der Waals surface area (Å²) < 4.78 is 7.11. The first-order valence-corrected chi connectivity index (χ1v) is 13.6. The molecule has 0 saturated heterocycles. The zero-order valence-electron chi connectivity index (χ0n) is 21.9. The molecule has 0 fully saturated rings. The summed E-state index contributed by atoms with van der Waals surface area (Å²) in [6, 6.07) is 26.7. The van der Waals surface area contributed by atoms with Gasteiger partial charge in [-0.2, -0.15) is 9.67 Å². The lowest BCUT2D eigenvalue weighted by Gasteiger charge is -2.12. The highest BCUT2D eigenvalue weighted by Crippen LogP contribution is 2.22. The monoisotopic (exact) mass is 567 g/mol. The second kappa shape index (κ2) is 13.2. The average Bonchev–Trinajstić information content (AvgIpc) is 3.47. The van der Waals surface area contributed by atoms with E-state index in [1.54, 1.807) is 53.2 Å². The molecule has 12 nitrogen and oxygen atoms in total. The molecule has 2 aromatic heterocycles. The third kappa shape index (κ3) is 7.42. The highest BCUT2D eigenvalue weighted by molar-refractivity contribution is 7.98. The fraction of sp³-hybridized carbons (Fsp3) is 0.107. The second-order valence-electron chi connectivity index (χ2n) is 8.42. The number of rotatable bonds is 9. The summed E-state index contributed by atoms with van der Waals surface area (Å²) >= 11 is 1.32. The minimum atomic E-state index is -0.396. The zero-order valence-corrected chi connectivity index (χ0v) is 22.7. The molecule has 0 aliphatic carbocycles. The van der Waals surface area contributed by atoms with Crippen LogP contribution in [0.3, 0.4) is 0 Å². The van der Waals surface area contributed by atoms with Crippen LogP contribution in [0.5, 0.6) is 5.75 Å². The van der Waals surface area contributed by atoms with Gasteiger partial charge in [-0.15, -0.1) is 5.10 Å². The van der Waals surface area contributed by atoms with E-state index in [4.69, 9.17) is 4.74 Å². The Balaban J connectivity index is 1.38. The Morgan fingerprint density at radius 3 is 2.49 bits per heavy atom. The Hall–Kier alpha value is -5.30. The number of aliphatic imine (C=N–C) groups is 1. The summed E-state index contributed by atoms with van der Waals surface area (Å²) in [6.07, 6.45) is 0. The van der Waals surface area contributed by atoms with Crippen molar-refractivity contribution in [1.29, 1.82) is 0 Å². The van der Waals surface area contributed by atoms with Crippen molar-refractivity contribution in [3.63, 3.8) is 0 Å². The number of hydrogen-bond acceptors (Lipinski definition) is 9. The van der Waals surface area contributed by atoms with Crippen molar-refractivity contribution >= 4 is 35.3 Å². The number of thioether (sulfide) groups is 1. The molecule has 5 rings (SSSR count). The van der Waals surface area contributed by atoms with Gasteiger partial charge in [-0.3, -0.25) is 19.9 Å². The van der Waals surface area contributed by atoms with Gasteiger partial charge in [0.15, 0.2) is 0 Å². The number of carbonyl (C=O) groups excluding carboxylic acids is 1. The van der Waals surface area contributed by atoms with Crippen molar-refractivity contribution in [2.45, 2.75) is 17.8 Å². The molecule has 1 amide bonds. The molecule has 0 aliphatic rings. The molecule has 41 heavy (non-hydrogen) atoms. The third-order valence-electron chi connectivity index (χ3n) is 5.49. The van der Waals surface area contributed by atoms with Crippen LogP contribution in [0.1, 0.15) is 23.0 Å². The van der Waals surface area contributed by atoms with E-state index in [1.807, 2.05) is 43.3 Å². The van der Waals surface area contributed by atoms with E-state index in [0.29, 0.717) is 40.2 Å². The lowest BCUT2D eigenvalue weighted by molar-refractivity contribution is 0.0977. The van der Waals surface area contributed by atoms with E-state index in [1.165, 1.54) is 17.8 Å². The first-order valence-electron chi connectivity index (χ1n) is 12.6. The summed E-state index contributed by atoms with van der Waals surface area (Å²) in [7, 11) is 0. The Labute approximate surface area is 238 Å². The summed E-state index contributed by atoms with van der Waals surface area (Å²) in [5.74, 6) is 0.711. The van der Waals surface area contributed by atoms with Gasteiger partial charge in [-0.05, 0) is 65.9 Å². The highest BCUT2D eigenvalue weighted by atomic mass is 32.2. The number of H-pyrrole nitrogens is 1. The van der Waals surface area contributed by atoms with Gasteiger partial charge >= 0.3 is 0 Å². The number of aromatic nitrogens is 6. The van der Waals surface area contributed by atoms with E-state index in [9.17, 15) is 9.59 Å². The minimum Gasteiger partial charge on any atom is -0.494 e. The van der Waals surface area contributed by atoms with Gasteiger partial charge in [0.25, 0.3) is 11.5 Å². The number of ether oxygens (including phenoxy) is 1. The molecule has 0 aliphatic heterocycles. The number of nitrogens with zero attached hydrogens (tertiary/aromatic N) is 6. The van der Waals surface area contributed by atoms with Crippen LogP contribution in [0.4, 0.5) is 11.6 Å². The zero-order chi connectivity index (χ0) is 28.4. The maximum Gasteiger partial charge on any atom is 0.257 e. The normalized spacial score (nSPS) is 11.2. The maximum absolute atomic E-state index is 12.9. The molecule has 5 aromatic rings. The van der Waals surface area contributed by atoms with Crippen LogP contribution >= 0.6 is 11.8 Å². The van der Waals surface area contributed by atoms with Gasteiger partial charge in [-0.25, -0.2) is 4.98 Å². The first-order chi connectivity index (χ1) is 20.1. The number of carbonyl (C=O) groups is 1. The number of aromatic amines is 1. The number of anilines is 1. The third-order valence-corrected chi connectivity index (χ3v) is 6.44.